The van der Waals surface area contributed by atoms with Gasteiger partial charge in [0.05, 0.1) is 6.07 Å². The van der Waals surface area contributed by atoms with Crippen molar-refractivity contribution in [3.05, 3.63) is 12.3 Å². The summed E-state index contributed by atoms with van der Waals surface area (Å²) < 4.78 is 0. The first-order valence-electron chi connectivity index (χ1n) is 3.21. The maximum atomic E-state index is 8.29. The average Bonchev–Trinajstić information content (AvgIpc) is 1.91. The standard InChI is InChI=1S/C7H10N2/c8-4-7-9-5-2-1-3-6-9/h2,5H,1,3,6-7H2. The third-order valence-electron chi connectivity index (χ3n) is 1.41. The van der Waals surface area contributed by atoms with Gasteiger partial charge in [0.1, 0.15) is 6.54 Å². The fourth-order valence-corrected chi connectivity index (χ4v) is 0.933. The van der Waals surface area contributed by atoms with Crippen molar-refractivity contribution in [1.82, 2.24) is 4.90 Å². The predicted molar refractivity (Wildman–Crippen MR) is 35.6 cm³/mol. The number of nitriles is 1. The zero-order valence-corrected chi connectivity index (χ0v) is 5.38. The summed E-state index contributed by atoms with van der Waals surface area (Å²) in [5, 5.41) is 8.29. The summed E-state index contributed by atoms with van der Waals surface area (Å²) in [6.07, 6.45) is 6.48. The molecule has 1 aliphatic heterocycles. The van der Waals surface area contributed by atoms with Crippen LogP contribution in [0.4, 0.5) is 0 Å². The Balaban J connectivity index is 2.33. The minimum atomic E-state index is 0.538. The van der Waals surface area contributed by atoms with Gasteiger partial charge in [0, 0.05) is 6.54 Å². The molecule has 0 spiro atoms. The van der Waals surface area contributed by atoms with Crippen molar-refractivity contribution >= 4 is 0 Å². The van der Waals surface area contributed by atoms with Crippen LogP contribution in [0.3, 0.4) is 0 Å². The first kappa shape index (κ1) is 6.15. The molecule has 1 heterocycles. The van der Waals surface area contributed by atoms with Gasteiger partial charge in [-0.05, 0) is 19.0 Å². The van der Waals surface area contributed by atoms with E-state index in [9.17, 15) is 0 Å². The minimum absolute atomic E-state index is 0.538. The molecule has 0 radical (unpaired) electrons. The monoisotopic (exact) mass is 122 g/mol. The zero-order chi connectivity index (χ0) is 6.53. The number of hydrogen-bond donors (Lipinski definition) is 0. The lowest BCUT2D eigenvalue weighted by atomic mass is 10.2. The van der Waals surface area contributed by atoms with Crippen LogP contribution in [0.15, 0.2) is 12.3 Å². The largest absolute Gasteiger partial charge is 0.365 e. The third-order valence-corrected chi connectivity index (χ3v) is 1.41. The highest BCUT2D eigenvalue weighted by Gasteiger charge is 2.00. The van der Waals surface area contributed by atoms with Gasteiger partial charge in [-0.15, -0.1) is 0 Å². The maximum absolute atomic E-state index is 8.29. The van der Waals surface area contributed by atoms with E-state index in [4.69, 9.17) is 5.26 Å². The molecule has 0 N–H and O–H groups in total. The molecular weight excluding hydrogens is 112 g/mol. The Bertz CT molecular complexity index is 143. The molecule has 0 aliphatic carbocycles. The number of rotatable bonds is 1. The van der Waals surface area contributed by atoms with E-state index in [1.165, 1.54) is 12.8 Å². The lowest BCUT2D eigenvalue weighted by Crippen LogP contribution is -2.20. The molecule has 0 amide bonds. The Morgan fingerprint density at radius 2 is 2.56 bits per heavy atom. The van der Waals surface area contributed by atoms with Crippen LogP contribution in [-0.2, 0) is 0 Å². The van der Waals surface area contributed by atoms with Gasteiger partial charge in [0.15, 0.2) is 0 Å². The summed E-state index contributed by atoms with van der Waals surface area (Å²) in [6, 6.07) is 2.11. The predicted octanol–water partition coefficient (Wildman–Crippen LogP) is 1.12. The van der Waals surface area contributed by atoms with Gasteiger partial charge in [-0.1, -0.05) is 6.08 Å². The molecule has 0 atom stereocenters. The fourth-order valence-electron chi connectivity index (χ4n) is 0.933. The smallest absolute Gasteiger partial charge is 0.105 e. The van der Waals surface area contributed by atoms with E-state index in [0.29, 0.717) is 6.54 Å². The normalized spacial score (nSPS) is 17.4. The van der Waals surface area contributed by atoms with Gasteiger partial charge in [0.2, 0.25) is 0 Å². The van der Waals surface area contributed by atoms with Crippen LogP contribution in [0.1, 0.15) is 12.8 Å². The van der Waals surface area contributed by atoms with Crippen LogP contribution < -0.4 is 0 Å². The molecule has 0 saturated heterocycles. The minimum Gasteiger partial charge on any atom is -0.365 e. The van der Waals surface area contributed by atoms with Gasteiger partial charge in [-0.3, -0.25) is 0 Å². The van der Waals surface area contributed by atoms with Crippen LogP contribution in [0.5, 0.6) is 0 Å². The molecule has 1 aliphatic rings. The molecule has 0 saturated carbocycles. The van der Waals surface area contributed by atoms with Crippen molar-refractivity contribution in [2.75, 3.05) is 13.1 Å². The molecule has 0 bridgehead atoms. The van der Waals surface area contributed by atoms with Crippen LogP contribution in [0, 0.1) is 11.3 Å². The number of allylic oxidation sites excluding steroid dienone is 1. The van der Waals surface area contributed by atoms with Gasteiger partial charge in [-0.25, -0.2) is 0 Å². The average molecular weight is 122 g/mol. The van der Waals surface area contributed by atoms with Gasteiger partial charge in [0.25, 0.3) is 0 Å². The first-order chi connectivity index (χ1) is 4.43. The summed E-state index contributed by atoms with van der Waals surface area (Å²) in [4.78, 5) is 2.03. The van der Waals surface area contributed by atoms with Gasteiger partial charge < -0.3 is 4.90 Å². The van der Waals surface area contributed by atoms with E-state index in [0.717, 1.165) is 6.54 Å². The number of hydrogen-bond acceptors (Lipinski definition) is 2. The summed E-state index contributed by atoms with van der Waals surface area (Å²) in [5.74, 6) is 0. The maximum Gasteiger partial charge on any atom is 0.105 e. The molecule has 0 fully saturated rings. The first-order valence-corrected chi connectivity index (χ1v) is 3.21. The van der Waals surface area contributed by atoms with Crippen LogP contribution in [0.2, 0.25) is 0 Å². The van der Waals surface area contributed by atoms with Gasteiger partial charge >= 0.3 is 0 Å². The Labute approximate surface area is 55.4 Å². The molecule has 2 heteroatoms. The van der Waals surface area contributed by atoms with Crippen molar-refractivity contribution in [1.29, 1.82) is 5.26 Å². The zero-order valence-electron chi connectivity index (χ0n) is 5.38. The van der Waals surface area contributed by atoms with Crippen molar-refractivity contribution in [2.45, 2.75) is 12.8 Å². The lowest BCUT2D eigenvalue weighted by molar-refractivity contribution is 0.394. The van der Waals surface area contributed by atoms with E-state index >= 15 is 0 Å². The third kappa shape index (κ3) is 1.77. The Morgan fingerprint density at radius 1 is 1.67 bits per heavy atom. The molecule has 48 valence electrons. The SMILES string of the molecule is N#CCN1C=CCCC1. The molecule has 9 heavy (non-hydrogen) atoms. The van der Waals surface area contributed by atoms with E-state index in [1.54, 1.807) is 0 Å². The summed E-state index contributed by atoms with van der Waals surface area (Å²) >= 11 is 0. The molecule has 0 aromatic carbocycles. The lowest BCUT2D eigenvalue weighted by Gasteiger charge is -2.19. The van der Waals surface area contributed by atoms with E-state index in [1.807, 2.05) is 11.1 Å². The van der Waals surface area contributed by atoms with Crippen molar-refractivity contribution in [2.24, 2.45) is 0 Å². The van der Waals surface area contributed by atoms with E-state index < -0.39 is 0 Å². The van der Waals surface area contributed by atoms with Crippen LogP contribution >= 0.6 is 0 Å². The Kier molecular flexibility index (Phi) is 2.14. The second-order valence-electron chi connectivity index (χ2n) is 2.16. The second kappa shape index (κ2) is 3.13. The summed E-state index contributed by atoms with van der Waals surface area (Å²) in [7, 11) is 0. The number of nitrogens with zero attached hydrogens (tertiary/aromatic N) is 2. The summed E-state index contributed by atoms with van der Waals surface area (Å²) in [5.41, 5.74) is 0. The Hall–Kier alpha value is -0.970. The topological polar surface area (TPSA) is 27.0 Å². The quantitative estimate of drug-likeness (QED) is 0.487. The van der Waals surface area contributed by atoms with Crippen LogP contribution in [-0.4, -0.2) is 18.0 Å². The molecule has 0 unspecified atom stereocenters. The Morgan fingerprint density at radius 3 is 3.11 bits per heavy atom. The molecule has 0 aromatic heterocycles. The van der Waals surface area contributed by atoms with Crippen LogP contribution in [0.25, 0.3) is 0 Å². The van der Waals surface area contributed by atoms with Gasteiger partial charge in [-0.2, -0.15) is 5.26 Å². The molecule has 0 aromatic rings. The molecular formula is C7H10N2. The van der Waals surface area contributed by atoms with Crippen molar-refractivity contribution in [3.8, 4) is 6.07 Å². The van der Waals surface area contributed by atoms with Crippen molar-refractivity contribution < 1.29 is 0 Å². The highest BCUT2D eigenvalue weighted by Crippen LogP contribution is 2.03. The fraction of sp³-hybridized carbons (Fsp3) is 0.571. The second-order valence-corrected chi connectivity index (χ2v) is 2.16. The van der Waals surface area contributed by atoms with Crippen molar-refractivity contribution in [3.63, 3.8) is 0 Å². The molecule has 2 nitrogen and oxygen atoms in total. The van der Waals surface area contributed by atoms with E-state index in [-0.39, 0.29) is 0 Å². The highest BCUT2D eigenvalue weighted by atomic mass is 15.1. The summed E-state index contributed by atoms with van der Waals surface area (Å²) in [6.45, 7) is 1.58. The van der Waals surface area contributed by atoms with E-state index in [2.05, 4.69) is 12.1 Å². The highest BCUT2D eigenvalue weighted by molar-refractivity contribution is 4.91. The molecule has 1 rings (SSSR count).